The molecule has 0 aliphatic carbocycles. The van der Waals surface area contributed by atoms with Gasteiger partial charge in [-0.25, -0.2) is 0 Å². The van der Waals surface area contributed by atoms with Crippen molar-refractivity contribution in [3.8, 4) is 0 Å². The largest absolute Gasteiger partial charge is 0.394 e. The molecule has 27 heavy (non-hydrogen) atoms. The third-order valence-electron chi connectivity index (χ3n) is 4.17. The lowest BCUT2D eigenvalue weighted by atomic mass is 9.98. The van der Waals surface area contributed by atoms with Gasteiger partial charge in [0.15, 0.2) is 0 Å². The Morgan fingerprint density at radius 1 is 0.852 bits per heavy atom. The zero-order valence-electron chi connectivity index (χ0n) is 15.0. The van der Waals surface area contributed by atoms with Gasteiger partial charge in [-0.15, -0.1) is 0 Å². The van der Waals surface area contributed by atoms with E-state index in [-0.39, 0.29) is 0 Å². The van der Waals surface area contributed by atoms with E-state index in [0.717, 1.165) is 25.3 Å². The molecule has 0 radical (unpaired) electrons. The molecule has 0 aliphatic heterocycles. The lowest BCUT2D eigenvalue weighted by Gasteiger charge is -2.07. The van der Waals surface area contributed by atoms with E-state index in [9.17, 15) is 0 Å². The molecule has 0 spiro atoms. The maximum absolute atomic E-state index is 8.74. The number of fused-ring (bicyclic) bond motifs is 3. The third-order valence-corrected chi connectivity index (χ3v) is 4.39. The summed E-state index contributed by atoms with van der Waals surface area (Å²) in [6.07, 6.45) is 3.62. The molecule has 0 atom stereocenters. The van der Waals surface area contributed by atoms with Crippen LogP contribution in [0, 0.1) is 0 Å². The van der Waals surface area contributed by atoms with Crippen molar-refractivity contribution in [2.24, 2.45) is 0 Å². The van der Waals surface area contributed by atoms with Crippen molar-refractivity contribution in [2.45, 2.75) is 19.3 Å². The van der Waals surface area contributed by atoms with Crippen LogP contribution < -0.4 is 5.32 Å². The summed E-state index contributed by atoms with van der Waals surface area (Å²) in [4.78, 5) is 0. The normalized spacial score (nSPS) is 11.4. The molecule has 0 bridgehead atoms. The van der Waals surface area contributed by atoms with Gasteiger partial charge in [-0.1, -0.05) is 54.6 Å². The van der Waals surface area contributed by atoms with Gasteiger partial charge in [-0.3, -0.25) is 9.11 Å². The Morgan fingerprint density at radius 2 is 1.52 bits per heavy atom. The number of hydrogen-bond donors (Lipinski definition) is 4. The van der Waals surface area contributed by atoms with Crippen molar-refractivity contribution in [2.75, 3.05) is 18.8 Å². The Hall–Kier alpha value is -1.64. The molecule has 5 nitrogen and oxygen atoms in total. The molecule has 0 saturated heterocycles. The van der Waals surface area contributed by atoms with E-state index in [1.165, 1.54) is 39.9 Å². The van der Waals surface area contributed by atoms with Crippen molar-refractivity contribution in [1.29, 1.82) is 0 Å². The maximum atomic E-state index is 8.74. The van der Waals surface area contributed by atoms with E-state index in [0.29, 0.717) is 0 Å². The Kier molecular flexibility index (Phi) is 8.53. The number of rotatable bonds is 7. The molecular formula is C20H25NO4S2. The van der Waals surface area contributed by atoms with Crippen LogP contribution in [-0.2, 0) is 16.8 Å². The van der Waals surface area contributed by atoms with Gasteiger partial charge in [-0.05, 0) is 52.9 Å². The number of thiol groups is 1. The Morgan fingerprint density at radius 3 is 2.26 bits per heavy atom. The van der Waals surface area contributed by atoms with Crippen LogP contribution >= 0.6 is 12.6 Å². The van der Waals surface area contributed by atoms with Crippen LogP contribution in [0.1, 0.15) is 18.4 Å². The number of unbranched alkanes of at least 4 members (excludes halogenated alkanes) is 1. The molecule has 3 rings (SSSR count). The number of aryl methyl sites for hydroxylation is 1. The summed E-state index contributed by atoms with van der Waals surface area (Å²) in [5, 5.41) is 8.77. The average molecular weight is 408 g/mol. The molecule has 3 aromatic carbocycles. The first-order chi connectivity index (χ1) is 12.9. The fourth-order valence-electron chi connectivity index (χ4n) is 3.00. The summed E-state index contributed by atoms with van der Waals surface area (Å²) in [5.74, 6) is 0.915. The van der Waals surface area contributed by atoms with Gasteiger partial charge < -0.3 is 5.32 Å². The maximum Gasteiger partial charge on any atom is 0.394 e. The summed E-state index contributed by atoms with van der Waals surface area (Å²) >= 11 is 4.20. The van der Waals surface area contributed by atoms with Crippen LogP contribution in [0.4, 0.5) is 0 Å². The highest BCUT2D eigenvalue weighted by atomic mass is 32.3. The third kappa shape index (κ3) is 7.86. The monoisotopic (exact) mass is 407 g/mol. The first-order valence-corrected chi connectivity index (χ1v) is 10.8. The molecule has 0 aliphatic rings. The molecule has 0 fully saturated rings. The highest BCUT2D eigenvalue weighted by Crippen LogP contribution is 2.26. The van der Waals surface area contributed by atoms with E-state index in [4.69, 9.17) is 17.5 Å². The number of nitrogens with one attached hydrogen (secondary N) is 1. The lowest BCUT2D eigenvalue weighted by Crippen LogP contribution is -2.17. The smallest absolute Gasteiger partial charge is 0.316 e. The highest BCUT2D eigenvalue weighted by molar-refractivity contribution is 7.80. The van der Waals surface area contributed by atoms with Gasteiger partial charge in [0, 0.05) is 12.3 Å². The number of hydrogen-bond acceptors (Lipinski definition) is 4. The van der Waals surface area contributed by atoms with E-state index in [1.807, 2.05) is 0 Å². The molecule has 146 valence electrons. The van der Waals surface area contributed by atoms with E-state index >= 15 is 0 Å². The van der Waals surface area contributed by atoms with Gasteiger partial charge in [0.05, 0.1) is 0 Å². The topological polar surface area (TPSA) is 86.6 Å². The van der Waals surface area contributed by atoms with Crippen LogP contribution in [0.2, 0.25) is 0 Å². The molecule has 3 aromatic rings. The minimum absolute atomic E-state index is 0.915. The second-order valence-corrected chi connectivity index (χ2v) is 7.56. The van der Waals surface area contributed by atoms with Gasteiger partial charge in [0.25, 0.3) is 0 Å². The SMILES string of the molecule is O=S(=O)(O)O.SCCNCCCCc1ccc2c(ccc3ccccc32)c1. The predicted octanol–water partition coefficient (Wildman–Crippen LogP) is 4.18. The average Bonchev–Trinajstić information content (AvgIpc) is 2.63. The van der Waals surface area contributed by atoms with Crippen LogP contribution in [0.15, 0.2) is 54.6 Å². The second-order valence-electron chi connectivity index (χ2n) is 6.22. The Bertz CT molecular complexity index is 966. The fraction of sp³-hybridized carbons (Fsp3) is 0.300. The standard InChI is InChI=1S/C20H23NS.H2O4S/c22-14-13-21-12-4-3-5-16-8-11-20-18(15-16)10-9-17-6-1-2-7-19(17)20;1-5(2,3)4/h1-2,6-11,15,21-22H,3-5,12-14H2;(H2,1,2,3,4). The minimum Gasteiger partial charge on any atom is -0.316 e. The molecule has 0 aromatic heterocycles. The van der Waals surface area contributed by atoms with E-state index in [2.05, 4.69) is 72.5 Å². The van der Waals surface area contributed by atoms with Crippen LogP contribution in [0.25, 0.3) is 21.5 Å². The van der Waals surface area contributed by atoms with Gasteiger partial charge >= 0.3 is 10.4 Å². The summed E-state index contributed by atoms with van der Waals surface area (Å²) in [7, 11) is -4.67. The zero-order valence-corrected chi connectivity index (χ0v) is 16.7. The molecule has 0 saturated carbocycles. The summed E-state index contributed by atoms with van der Waals surface area (Å²) in [6.45, 7) is 2.10. The first-order valence-electron chi connectivity index (χ1n) is 8.80. The lowest BCUT2D eigenvalue weighted by molar-refractivity contribution is 0.381. The first kappa shape index (κ1) is 21.7. The fourth-order valence-corrected chi connectivity index (χ4v) is 3.16. The second kappa shape index (κ2) is 10.6. The van der Waals surface area contributed by atoms with Crippen LogP contribution in [0.3, 0.4) is 0 Å². The van der Waals surface area contributed by atoms with Crippen molar-refractivity contribution >= 4 is 44.6 Å². The van der Waals surface area contributed by atoms with Crippen LogP contribution in [0.5, 0.6) is 0 Å². The molecular weight excluding hydrogens is 382 g/mol. The summed E-state index contributed by atoms with van der Waals surface area (Å²) in [6, 6.07) is 20.0. The van der Waals surface area contributed by atoms with Gasteiger partial charge in [-0.2, -0.15) is 21.0 Å². The predicted molar refractivity (Wildman–Crippen MR) is 115 cm³/mol. The quantitative estimate of drug-likeness (QED) is 0.204. The van der Waals surface area contributed by atoms with Crippen LogP contribution in [-0.4, -0.2) is 36.4 Å². The highest BCUT2D eigenvalue weighted by Gasteiger charge is 2.01. The van der Waals surface area contributed by atoms with Gasteiger partial charge in [0.1, 0.15) is 0 Å². The Balaban J connectivity index is 0.000000465. The summed E-state index contributed by atoms with van der Waals surface area (Å²) in [5.41, 5.74) is 1.44. The van der Waals surface area contributed by atoms with Crippen molar-refractivity contribution in [3.63, 3.8) is 0 Å². The number of benzene rings is 3. The van der Waals surface area contributed by atoms with E-state index < -0.39 is 10.4 Å². The molecule has 0 unspecified atom stereocenters. The van der Waals surface area contributed by atoms with Crippen molar-refractivity contribution in [3.05, 3.63) is 60.2 Å². The molecule has 0 heterocycles. The summed E-state index contributed by atoms with van der Waals surface area (Å²) < 4.78 is 31.6. The molecule has 0 amide bonds. The van der Waals surface area contributed by atoms with E-state index in [1.54, 1.807) is 0 Å². The van der Waals surface area contributed by atoms with Gasteiger partial charge in [0.2, 0.25) is 0 Å². The molecule has 3 N–H and O–H groups in total. The molecule has 7 heteroatoms. The minimum atomic E-state index is -4.67. The Labute approximate surface area is 165 Å². The zero-order chi connectivity index (χ0) is 19.7. The van der Waals surface area contributed by atoms with Crippen molar-refractivity contribution < 1.29 is 17.5 Å². The van der Waals surface area contributed by atoms with Crippen molar-refractivity contribution in [1.82, 2.24) is 5.32 Å².